The Kier molecular flexibility index (Phi) is 16.1. The molecule has 0 fully saturated rings. The number of benzene rings is 4. The molecule has 0 unspecified atom stereocenters. The van der Waals surface area contributed by atoms with Crippen molar-refractivity contribution in [1.29, 1.82) is 0 Å². The second-order valence-electron chi connectivity index (χ2n) is 20.0. The van der Waals surface area contributed by atoms with E-state index in [2.05, 4.69) is 159 Å². The van der Waals surface area contributed by atoms with Gasteiger partial charge in [-0.2, -0.15) is 0 Å². The van der Waals surface area contributed by atoms with E-state index in [0.717, 1.165) is 87.8 Å². The monoisotopic (exact) mass is 888 g/mol. The van der Waals surface area contributed by atoms with Gasteiger partial charge in [-0.3, -0.25) is 0 Å². The van der Waals surface area contributed by atoms with Gasteiger partial charge in [-0.15, -0.1) is 0 Å². The number of hydrogen-bond donors (Lipinski definition) is 0. The molecule has 1 aliphatic rings. The van der Waals surface area contributed by atoms with Crippen LogP contribution in [0.2, 0.25) is 0 Å². The molecular formula is C52H72O4S4. The first-order chi connectivity index (χ1) is 28.1. The lowest BCUT2D eigenvalue weighted by molar-refractivity contribution is 0.299. The summed E-state index contributed by atoms with van der Waals surface area (Å²) in [6, 6.07) is 18.9. The van der Waals surface area contributed by atoms with Crippen LogP contribution in [0.25, 0.3) is 0 Å². The van der Waals surface area contributed by atoms with Crippen molar-refractivity contribution in [1.82, 2.24) is 0 Å². The highest BCUT2D eigenvalue weighted by atomic mass is 32.2. The predicted molar refractivity (Wildman–Crippen MR) is 260 cm³/mol. The van der Waals surface area contributed by atoms with Gasteiger partial charge in [0.25, 0.3) is 0 Å². The summed E-state index contributed by atoms with van der Waals surface area (Å²) in [6.45, 7) is 38.8. The fourth-order valence-corrected chi connectivity index (χ4v) is 11.3. The molecule has 0 N–H and O–H groups in total. The van der Waals surface area contributed by atoms with Crippen molar-refractivity contribution in [2.45, 2.75) is 197 Å². The lowest BCUT2D eigenvalue weighted by Gasteiger charge is -2.28. The number of fused-ring (bicyclic) bond motifs is 8. The highest BCUT2D eigenvalue weighted by Gasteiger charge is 2.30. The first kappa shape index (κ1) is 48.5. The van der Waals surface area contributed by atoms with Gasteiger partial charge in [0.1, 0.15) is 23.0 Å². The van der Waals surface area contributed by atoms with Crippen molar-refractivity contribution in [3.05, 3.63) is 70.8 Å². The van der Waals surface area contributed by atoms with Crippen LogP contribution in [0.1, 0.15) is 159 Å². The zero-order chi connectivity index (χ0) is 44.2. The van der Waals surface area contributed by atoms with Crippen molar-refractivity contribution in [3.8, 4) is 23.0 Å². The first-order valence-electron chi connectivity index (χ1n) is 22.1. The largest absolute Gasteiger partial charge is 0.491 e. The maximum atomic E-state index is 6.89. The second-order valence-corrected chi connectivity index (χ2v) is 24.3. The Morgan fingerprint density at radius 3 is 0.567 bits per heavy atom. The molecule has 0 amide bonds. The molecule has 5 rings (SSSR count). The van der Waals surface area contributed by atoms with Crippen molar-refractivity contribution < 1.29 is 18.9 Å². The van der Waals surface area contributed by atoms with Gasteiger partial charge in [0, 0.05) is 0 Å². The average Bonchev–Trinajstić information content (AvgIpc) is 3.14. The van der Waals surface area contributed by atoms with Crippen LogP contribution in [-0.4, -0.2) is 26.4 Å². The van der Waals surface area contributed by atoms with Crippen LogP contribution < -0.4 is 18.9 Å². The van der Waals surface area contributed by atoms with Gasteiger partial charge in [0.05, 0.1) is 65.6 Å². The van der Waals surface area contributed by atoms with Crippen molar-refractivity contribution >= 4 is 47.0 Å². The highest BCUT2D eigenvalue weighted by molar-refractivity contribution is 8.01. The zero-order valence-corrected chi connectivity index (χ0v) is 42.8. The minimum Gasteiger partial charge on any atom is -0.491 e. The molecule has 4 nitrogen and oxygen atoms in total. The van der Waals surface area contributed by atoms with Gasteiger partial charge < -0.3 is 18.9 Å². The molecule has 0 aliphatic carbocycles. The Hall–Kier alpha value is -2.52. The second kappa shape index (κ2) is 19.9. The van der Waals surface area contributed by atoms with Gasteiger partial charge >= 0.3 is 0 Å². The predicted octanol–water partition coefficient (Wildman–Crippen LogP) is 16.9. The molecule has 328 valence electrons. The van der Waals surface area contributed by atoms with Gasteiger partial charge in [0.15, 0.2) is 0 Å². The van der Waals surface area contributed by atoms with Crippen LogP contribution in [0.4, 0.5) is 0 Å². The summed E-state index contributed by atoms with van der Waals surface area (Å²) in [7, 11) is 0. The molecule has 1 heterocycles. The van der Waals surface area contributed by atoms with Gasteiger partial charge in [-0.25, -0.2) is 0 Å². The third-order valence-corrected chi connectivity index (χ3v) is 14.4. The lowest BCUT2D eigenvalue weighted by atomic mass is 9.87. The summed E-state index contributed by atoms with van der Waals surface area (Å²) in [6.07, 6.45) is 3.62. The molecule has 1 aliphatic heterocycles. The molecule has 4 aromatic rings. The molecule has 4 aromatic carbocycles. The fourth-order valence-electron chi connectivity index (χ4n) is 6.50. The van der Waals surface area contributed by atoms with E-state index in [1.807, 2.05) is 0 Å². The van der Waals surface area contributed by atoms with Crippen LogP contribution >= 0.6 is 47.0 Å². The maximum absolute atomic E-state index is 6.89. The molecule has 8 heteroatoms. The number of rotatable bonds is 12. The summed E-state index contributed by atoms with van der Waals surface area (Å²) < 4.78 is 27.6. The average molecular weight is 889 g/mol. The third kappa shape index (κ3) is 11.9. The molecule has 0 saturated carbocycles. The van der Waals surface area contributed by atoms with Crippen LogP contribution in [-0.2, 0) is 21.7 Å². The summed E-state index contributed by atoms with van der Waals surface area (Å²) in [4.78, 5) is 8.74. The number of hydrogen-bond acceptors (Lipinski definition) is 8. The summed E-state index contributed by atoms with van der Waals surface area (Å²) >= 11 is 7.10. The quantitative estimate of drug-likeness (QED) is 0.123. The normalized spacial score (nSPS) is 13.6. The van der Waals surface area contributed by atoms with Crippen molar-refractivity contribution in [3.63, 3.8) is 0 Å². The van der Waals surface area contributed by atoms with Crippen LogP contribution in [0.15, 0.2) is 87.7 Å². The Balaban J connectivity index is 2.02. The smallest absolute Gasteiger partial charge is 0.147 e. The molecule has 0 atom stereocenters. The standard InChI is InChI=1S/C52H72O4S4/c1-17-21-53-45-37-25-33(49(5,6)7)26-38(45)58-40-28-35(51(11,12)13)30-42(47(40)55-23-19-3)60-44-32-36(52(14,15)16)31-43(48(44)56-24-20-4)59-41-29-34(50(8,9)10)27-39(57-37)46(41)54-22-18-2/h25-32H,17-24H2,1-16H3. The lowest BCUT2D eigenvalue weighted by Crippen LogP contribution is -2.14. The van der Waals surface area contributed by atoms with Crippen LogP contribution in [0.3, 0.4) is 0 Å². The summed E-state index contributed by atoms with van der Waals surface area (Å²) in [5.74, 6) is 3.65. The highest BCUT2D eigenvalue weighted by Crippen LogP contribution is 2.56. The maximum Gasteiger partial charge on any atom is 0.147 e. The molecule has 0 spiro atoms. The summed E-state index contributed by atoms with van der Waals surface area (Å²) in [5.41, 5.74) is 4.60. The van der Waals surface area contributed by atoms with E-state index in [0.29, 0.717) is 26.4 Å². The molecule has 60 heavy (non-hydrogen) atoms. The Morgan fingerprint density at radius 1 is 0.300 bits per heavy atom. The SMILES string of the molecule is CCCOc1c2cc(C(C)(C)C)cc1Sc1cc(C(C)(C)C)cc(c1OCCC)Sc1cc(C(C)(C)C)cc(c1OCCC)Sc1cc(C(C)(C)C)cc(c1OCCC)S2. The van der Waals surface area contributed by atoms with E-state index in [1.54, 1.807) is 47.0 Å². The zero-order valence-electron chi connectivity index (χ0n) is 39.5. The van der Waals surface area contributed by atoms with E-state index < -0.39 is 0 Å². The molecule has 0 aromatic heterocycles. The topological polar surface area (TPSA) is 36.9 Å². The van der Waals surface area contributed by atoms with Crippen LogP contribution in [0.5, 0.6) is 23.0 Å². The minimum atomic E-state index is -0.108. The van der Waals surface area contributed by atoms with E-state index in [-0.39, 0.29) is 21.7 Å². The van der Waals surface area contributed by atoms with E-state index >= 15 is 0 Å². The number of ether oxygens (including phenoxy) is 4. The van der Waals surface area contributed by atoms with E-state index in [4.69, 9.17) is 18.9 Å². The van der Waals surface area contributed by atoms with Crippen molar-refractivity contribution in [2.75, 3.05) is 26.4 Å². The molecule has 0 radical (unpaired) electrons. The molecule has 0 saturated heterocycles. The Bertz CT molecular complexity index is 1720. The first-order valence-corrected chi connectivity index (χ1v) is 25.3. The Labute approximate surface area is 381 Å². The minimum absolute atomic E-state index is 0.108. The Morgan fingerprint density at radius 2 is 0.450 bits per heavy atom. The van der Waals surface area contributed by atoms with Gasteiger partial charge in [0.2, 0.25) is 0 Å². The van der Waals surface area contributed by atoms with Gasteiger partial charge in [-0.1, -0.05) is 158 Å². The van der Waals surface area contributed by atoms with E-state index in [9.17, 15) is 0 Å². The fraction of sp³-hybridized carbons (Fsp3) is 0.538. The van der Waals surface area contributed by atoms with Crippen LogP contribution in [0, 0.1) is 0 Å². The van der Waals surface area contributed by atoms with E-state index in [1.165, 1.54) is 22.3 Å². The summed E-state index contributed by atoms with van der Waals surface area (Å²) in [5, 5.41) is 0. The molecular weight excluding hydrogens is 817 g/mol. The van der Waals surface area contributed by atoms with Crippen molar-refractivity contribution in [2.24, 2.45) is 0 Å². The molecule has 8 bridgehead atoms. The van der Waals surface area contributed by atoms with Gasteiger partial charge in [-0.05, 0) is 118 Å². The third-order valence-electron chi connectivity index (χ3n) is 10.2.